The van der Waals surface area contributed by atoms with Crippen LogP contribution < -0.4 is 10.1 Å². The molecule has 1 aliphatic rings. The van der Waals surface area contributed by atoms with Crippen LogP contribution in [0.4, 0.5) is 0 Å². The van der Waals surface area contributed by atoms with Gasteiger partial charge in [0.15, 0.2) is 0 Å². The lowest BCUT2D eigenvalue weighted by Gasteiger charge is -2.36. The van der Waals surface area contributed by atoms with E-state index >= 15 is 0 Å². The minimum atomic E-state index is -0.0362. The second kappa shape index (κ2) is 7.73. The lowest BCUT2D eigenvalue weighted by atomic mass is 9.74. The molecule has 7 heteroatoms. The highest BCUT2D eigenvalue weighted by molar-refractivity contribution is 5.76. The smallest absolute Gasteiger partial charge is 0.222 e. The quantitative estimate of drug-likeness (QED) is 0.697. The standard InChI is InChI=1S/C22H27N5O2/c1-22(2)13-19(25-21(28)9-12-26-11-4-10-23-26)18-15-24-27(20(18)14-22)16-5-7-17(29-3)8-6-16/h4-8,10-11,15,19H,9,12-14H2,1-3H3,(H,25,28)/t19-/m1/s1. The third-order valence-electron chi connectivity index (χ3n) is 5.46. The minimum Gasteiger partial charge on any atom is -0.497 e. The fraction of sp³-hybridized carbons (Fsp3) is 0.409. The first-order chi connectivity index (χ1) is 13.9. The highest BCUT2D eigenvalue weighted by Gasteiger charge is 2.35. The molecule has 0 spiro atoms. The Bertz CT molecular complexity index is 973. The molecule has 152 valence electrons. The molecule has 2 aromatic heterocycles. The van der Waals surface area contributed by atoms with Crippen molar-refractivity contribution in [2.45, 2.75) is 45.7 Å². The molecule has 1 atom stereocenters. The van der Waals surface area contributed by atoms with Gasteiger partial charge in [0.2, 0.25) is 5.91 Å². The second-order valence-electron chi connectivity index (χ2n) is 8.34. The van der Waals surface area contributed by atoms with Crippen molar-refractivity contribution >= 4 is 5.91 Å². The summed E-state index contributed by atoms with van der Waals surface area (Å²) in [6, 6.07) is 9.71. The molecule has 2 heterocycles. The Morgan fingerprint density at radius 1 is 1.28 bits per heavy atom. The first-order valence-electron chi connectivity index (χ1n) is 9.93. The number of amides is 1. The Balaban J connectivity index is 1.54. The molecule has 1 aliphatic carbocycles. The van der Waals surface area contributed by atoms with Gasteiger partial charge in [0.25, 0.3) is 0 Å². The maximum absolute atomic E-state index is 12.6. The van der Waals surface area contributed by atoms with Crippen molar-refractivity contribution in [2.24, 2.45) is 5.41 Å². The number of hydrogen-bond donors (Lipinski definition) is 1. The molecule has 0 fully saturated rings. The zero-order chi connectivity index (χ0) is 20.4. The summed E-state index contributed by atoms with van der Waals surface area (Å²) >= 11 is 0. The van der Waals surface area contributed by atoms with Crippen LogP contribution in [0.5, 0.6) is 5.75 Å². The van der Waals surface area contributed by atoms with E-state index < -0.39 is 0 Å². The summed E-state index contributed by atoms with van der Waals surface area (Å²) in [4.78, 5) is 12.6. The third kappa shape index (κ3) is 4.18. The number of nitrogens with zero attached hydrogens (tertiary/aromatic N) is 4. The van der Waals surface area contributed by atoms with Crippen LogP contribution in [0.3, 0.4) is 0 Å². The molecular formula is C22H27N5O2. The number of fused-ring (bicyclic) bond motifs is 1. The van der Waals surface area contributed by atoms with Crippen LogP contribution in [0.15, 0.2) is 48.9 Å². The van der Waals surface area contributed by atoms with E-state index in [0.29, 0.717) is 13.0 Å². The lowest BCUT2D eigenvalue weighted by molar-refractivity contribution is -0.122. The molecule has 1 aromatic carbocycles. The van der Waals surface area contributed by atoms with Crippen molar-refractivity contribution in [3.63, 3.8) is 0 Å². The van der Waals surface area contributed by atoms with Crippen molar-refractivity contribution < 1.29 is 9.53 Å². The summed E-state index contributed by atoms with van der Waals surface area (Å²) in [5.41, 5.74) is 3.32. The SMILES string of the molecule is COc1ccc(-n2ncc3c2CC(C)(C)C[C@H]3NC(=O)CCn2cccn2)cc1. The summed E-state index contributed by atoms with van der Waals surface area (Å²) in [5.74, 6) is 0.851. The van der Waals surface area contributed by atoms with Gasteiger partial charge in [0.05, 0.1) is 30.7 Å². The van der Waals surface area contributed by atoms with Crippen LogP contribution in [0, 0.1) is 5.41 Å². The molecule has 7 nitrogen and oxygen atoms in total. The van der Waals surface area contributed by atoms with E-state index in [0.717, 1.165) is 35.5 Å². The van der Waals surface area contributed by atoms with Crippen molar-refractivity contribution in [1.29, 1.82) is 0 Å². The third-order valence-corrected chi connectivity index (χ3v) is 5.46. The van der Waals surface area contributed by atoms with Crippen LogP contribution in [0.25, 0.3) is 5.69 Å². The molecule has 3 aromatic rings. The van der Waals surface area contributed by atoms with Gasteiger partial charge < -0.3 is 10.1 Å². The summed E-state index contributed by atoms with van der Waals surface area (Å²) in [6.07, 6.45) is 7.69. The van der Waals surface area contributed by atoms with Crippen molar-refractivity contribution in [2.75, 3.05) is 7.11 Å². The van der Waals surface area contributed by atoms with Crippen LogP contribution >= 0.6 is 0 Å². The molecule has 0 unspecified atom stereocenters. The molecule has 1 amide bonds. The van der Waals surface area contributed by atoms with Gasteiger partial charge in [0, 0.05) is 30.9 Å². The van der Waals surface area contributed by atoms with E-state index in [-0.39, 0.29) is 17.4 Å². The Kier molecular flexibility index (Phi) is 5.13. The molecule has 4 rings (SSSR count). The summed E-state index contributed by atoms with van der Waals surface area (Å²) in [6.45, 7) is 5.06. The maximum atomic E-state index is 12.6. The van der Waals surface area contributed by atoms with E-state index in [4.69, 9.17) is 4.74 Å². The molecule has 0 saturated heterocycles. The molecular weight excluding hydrogens is 366 g/mol. The van der Waals surface area contributed by atoms with Crippen molar-refractivity contribution in [1.82, 2.24) is 24.9 Å². The first kappa shape index (κ1) is 19.2. The largest absolute Gasteiger partial charge is 0.497 e. The molecule has 0 aliphatic heterocycles. The van der Waals surface area contributed by atoms with Crippen molar-refractivity contribution in [3.8, 4) is 11.4 Å². The predicted molar refractivity (Wildman–Crippen MR) is 110 cm³/mol. The Labute approximate surface area is 170 Å². The summed E-state index contributed by atoms with van der Waals surface area (Å²) in [7, 11) is 1.66. The second-order valence-corrected chi connectivity index (χ2v) is 8.34. The van der Waals surface area contributed by atoms with Gasteiger partial charge in [0.1, 0.15) is 5.75 Å². The van der Waals surface area contributed by atoms with Crippen LogP contribution in [-0.4, -0.2) is 32.6 Å². The predicted octanol–water partition coefficient (Wildman–Crippen LogP) is 3.30. The minimum absolute atomic E-state index is 0.0337. The zero-order valence-electron chi connectivity index (χ0n) is 17.1. The van der Waals surface area contributed by atoms with Crippen LogP contribution in [-0.2, 0) is 17.8 Å². The van der Waals surface area contributed by atoms with E-state index in [9.17, 15) is 4.79 Å². The average Bonchev–Trinajstić information content (AvgIpc) is 3.35. The number of rotatable bonds is 6. The number of carbonyl (C=O) groups excluding carboxylic acids is 1. The number of ether oxygens (including phenoxy) is 1. The molecule has 0 saturated carbocycles. The molecule has 0 radical (unpaired) electrons. The van der Waals surface area contributed by atoms with Gasteiger partial charge in [-0.2, -0.15) is 10.2 Å². The normalized spacial score (nSPS) is 17.6. The number of hydrogen-bond acceptors (Lipinski definition) is 4. The van der Waals surface area contributed by atoms with Gasteiger partial charge >= 0.3 is 0 Å². The Morgan fingerprint density at radius 3 is 2.76 bits per heavy atom. The molecule has 0 bridgehead atoms. The maximum Gasteiger partial charge on any atom is 0.222 e. The van der Waals surface area contributed by atoms with Crippen molar-refractivity contribution in [3.05, 3.63) is 60.2 Å². The monoisotopic (exact) mass is 393 g/mol. The first-order valence-corrected chi connectivity index (χ1v) is 9.93. The highest BCUT2D eigenvalue weighted by Crippen LogP contribution is 2.41. The fourth-order valence-corrected chi connectivity index (χ4v) is 4.03. The summed E-state index contributed by atoms with van der Waals surface area (Å²) < 4.78 is 9.02. The molecule has 29 heavy (non-hydrogen) atoms. The van der Waals surface area contributed by atoms with Gasteiger partial charge in [-0.05, 0) is 48.6 Å². The van der Waals surface area contributed by atoms with E-state index in [1.165, 1.54) is 0 Å². The zero-order valence-corrected chi connectivity index (χ0v) is 17.1. The fourth-order valence-electron chi connectivity index (χ4n) is 4.03. The topological polar surface area (TPSA) is 74.0 Å². The summed E-state index contributed by atoms with van der Waals surface area (Å²) in [5, 5.41) is 12.0. The Hall–Kier alpha value is -3.09. The number of methoxy groups -OCH3 is 1. The number of aromatic nitrogens is 4. The van der Waals surface area contributed by atoms with Gasteiger partial charge in [-0.25, -0.2) is 4.68 Å². The highest BCUT2D eigenvalue weighted by atomic mass is 16.5. The Morgan fingerprint density at radius 2 is 2.07 bits per heavy atom. The van der Waals surface area contributed by atoms with E-state index in [1.807, 2.05) is 47.4 Å². The van der Waals surface area contributed by atoms with E-state index in [1.54, 1.807) is 18.0 Å². The number of nitrogens with one attached hydrogen (secondary N) is 1. The number of aryl methyl sites for hydroxylation is 1. The van der Waals surface area contributed by atoms with Gasteiger partial charge in [-0.1, -0.05) is 13.8 Å². The van der Waals surface area contributed by atoms with Crippen LogP contribution in [0.2, 0.25) is 0 Å². The number of carbonyl (C=O) groups is 1. The van der Waals surface area contributed by atoms with Gasteiger partial charge in [-0.3, -0.25) is 9.48 Å². The van der Waals surface area contributed by atoms with Crippen LogP contribution in [0.1, 0.15) is 44.0 Å². The van der Waals surface area contributed by atoms with Gasteiger partial charge in [-0.15, -0.1) is 0 Å². The molecule has 1 N–H and O–H groups in total. The lowest BCUT2D eigenvalue weighted by Crippen LogP contribution is -2.37. The van der Waals surface area contributed by atoms with E-state index in [2.05, 4.69) is 29.4 Å². The average molecular weight is 393 g/mol. The number of benzene rings is 1.